The number of methoxy groups -OCH3 is 1. The first kappa shape index (κ1) is 24.5. The lowest BCUT2D eigenvalue weighted by molar-refractivity contribution is -0.126. The Morgan fingerprint density at radius 3 is 2.53 bits per heavy atom. The van der Waals surface area contributed by atoms with Crippen LogP contribution in [0.1, 0.15) is 0 Å². The minimum atomic E-state index is -4.85. The number of anilines is 3. The van der Waals surface area contributed by atoms with Gasteiger partial charge in [-0.25, -0.2) is 19.1 Å². The van der Waals surface area contributed by atoms with Gasteiger partial charge >= 0.3 is 12.3 Å². The number of ether oxygens (including phenoxy) is 1. The van der Waals surface area contributed by atoms with Crippen LogP contribution >= 0.6 is 0 Å². The molecule has 0 saturated carbocycles. The molecule has 4 aromatic rings. The summed E-state index contributed by atoms with van der Waals surface area (Å²) in [7, 11) is 1.19. The molecule has 2 aromatic heterocycles. The molecule has 0 radical (unpaired) electrons. The number of nitrogens with one attached hydrogen (secondary N) is 2. The molecule has 0 atom stereocenters. The first-order valence-electron chi connectivity index (χ1n) is 10.4. The van der Waals surface area contributed by atoms with Gasteiger partial charge in [-0.05, 0) is 42.0 Å². The number of hydrogen-bond donors (Lipinski definition) is 2. The molecule has 184 valence electrons. The predicted octanol–water partition coefficient (Wildman–Crippen LogP) is 6.33. The highest BCUT2D eigenvalue weighted by atomic mass is 19.4. The van der Waals surface area contributed by atoms with E-state index in [0.717, 1.165) is 4.90 Å². The van der Waals surface area contributed by atoms with E-state index in [1.54, 1.807) is 24.4 Å². The molecule has 0 unspecified atom stereocenters. The lowest BCUT2D eigenvalue weighted by atomic mass is 10.0. The number of alkyl halides is 3. The number of halogens is 4. The van der Waals surface area contributed by atoms with E-state index in [0.29, 0.717) is 22.2 Å². The van der Waals surface area contributed by atoms with Crippen molar-refractivity contribution in [2.75, 3.05) is 17.3 Å². The van der Waals surface area contributed by atoms with Crippen molar-refractivity contribution >= 4 is 40.1 Å². The number of benzene rings is 2. The smallest absolute Gasteiger partial charge is 0.421 e. The first-order chi connectivity index (χ1) is 17.1. The molecular formula is C25H18F4N4O3. The number of fused-ring (bicyclic) bond motifs is 1. The number of aromatic amines is 1. The molecule has 7 nitrogen and oxygen atoms in total. The van der Waals surface area contributed by atoms with Gasteiger partial charge in [-0.15, -0.1) is 0 Å². The van der Waals surface area contributed by atoms with Gasteiger partial charge in [0.25, 0.3) is 5.91 Å². The standard InChI is InChI=1S/C25H18F4N4O3/c1-14(25(27,28)29)23(34)32-17-7-3-5-15(9-17)21-13-31-22-20(21)11-19(12-30-22)33(24(35)36-2)18-8-4-6-16(26)10-18/h3-13H,1H2,2H3,(H,30,31)(H,32,34). The van der Waals surface area contributed by atoms with Crippen molar-refractivity contribution in [1.29, 1.82) is 0 Å². The second-order valence-electron chi connectivity index (χ2n) is 7.59. The highest BCUT2D eigenvalue weighted by molar-refractivity contribution is 6.05. The fraction of sp³-hybridized carbons (Fsp3) is 0.0800. The van der Waals surface area contributed by atoms with Crippen molar-refractivity contribution in [2.45, 2.75) is 6.18 Å². The molecule has 0 saturated heterocycles. The van der Waals surface area contributed by atoms with Gasteiger partial charge in [-0.2, -0.15) is 13.2 Å². The normalized spacial score (nSPS) is 11.2. The molecule has 0 spiro atoms. The molecule has 2 aromatic carbocycles. The maximum absolute atomic E-state index is 13.8. The van der Waals surface area contributed by atoms with Gasteiger partial charge in [0.2, 0.25) is 0 Å². The molecule has 2 N–H and O–H groups in total. The molecular weight excluding hydrogens is 480 g/mol. The summed E-state index contributed by atoms with van der Waals surface area (Å²) in [5.41, 5.74) is 0.700. The number of amides is 2. The Hall–Kier alpha value is -4.67. The van der Waals surface area contributed by atoms with Gasteiger partial charge in [0.15, 0.2) is 0 Å². The summed E-state index contributed by atoms with van der Waals surface area (Å²) in [5, 5.41) is 2.74. The topological polar surface area (TPSA) is 87.3 Å². The number of nitrogens with zero attached hydrogens (tertiary/aromatic N) is 2. The Morgan fingerprint density at radius 2 is 1.83 bits per heavy atom. The van der Waals surface area contributed by atoms with Crippen LogP contribution in [0, 0.1) is 5.82 Å². The number of carbonyl (C=O) groups excluding carboxylic acids is 2. The summed E-state index contributed by atoms with van der Waals surface area (Å²) < 4.78 is 57.1. The number of pyridine rings is 1. The highest BCUT2D eigenvalue weighted by Crippen LogP contribution is 2.34. The minimum Gasteiger partial charge on any atom is -0.452 e. The van der Waals surface area contributed by atoms with Crippen LogP contribution in [0.5, 0.6) is 0 Å². The van der Waals surface area contributed by atoms with E-state index in [9.17, 15) is 27.2 Å². The van der Waals surface area contributed by atoms with E-state index in [2.05, 4.69) is 21.9 Å². The van der Waals surface area contributed by atoms with Gasteiger partial charge in [-0.3, -0.25) is 4.79 Å². The van der Waals surface area contributed by atoms with Crippen LogP contribution in [0.25, 0.3) is 22.2 Å². The number of carbonyl (C=O) groups is 2. The molecule has 0 aliphatic carbocycles. The minimum absolute atomic E-state index is 0.123. The predicted molar refractivity (Wildman–Crippen MR) is 126 cm³/mol. The molecule has 2 heterocycles. The van der Waals surface area contributed by atoms with E-state index in [4.69, 9.17) is 4.74 Å². The summed E-state index contributed by atoms with van der Waals surface area (Å²) in [5.74, 6) is -1.92. The fourth-order valence-electron chi connectivity index (χ4n) is 3.52. The quantitative estimate of drug-likeness (QED) is 0.249. The van der Waals surface area contributed by atoms with E-state index in [1.807, 2.05) is 0 Å². The zero-order chi connectivity index (χ0) is 26.0. The van der Waals surface area contributed by atoms with E-state index in [-0.39, 0.29) is 17.1 Å². The van der Waals surface area contributed by atoms with Gasteiger partial charge in [0, 0.05) is 22.8 Å². The monoisotopic (exact) mass is 498 g/mol. The van der Waals surface area contributed by atoms with Crippen LogP contribution in [-0.2, 0) is 9.53 Å². The zero-order valence-electron chi connectivity index (χ0n) is 18.7. The molecule has 0 aliphatic rings. The zero-order valence-corrected chi connectivity index (χ0v) is 18.7. The summed E-state index contributed by atoms with van der Waals surface area (Å²) in [4.78, 5) is 32.9. The Labute approximate surface area is 202 Å². The SMILES string of the molecule is C=C(C(=O)Nc1cccc(-c2c[nH]c3ncc(N(C(=O)OC)c4cccc(F)c4)cc23)c1)C(F)(F)F. The maximum Gasteiger partial charge on any atom is 0.421 e. The van der Waals surface area contributed by atoms with Crippen LogP contribution in [0.3, 0.4) is 0 Å². The number of aromatic nitrogens is 2. The highest BCUT2D eigenvalue weighted by Gasteiger charge is 2.36. The number of hydrogen-bond acceptors (Lipinski definition) is 4. The number of H-pyrrole nitrogens is 1. The average molecular weight is 498 g/mol. The summed E-state index contributed by atoms with van der Waals surface area (Å²) in [6, 6.07) is 13.2. The third-order valence-electron chi connectivity index (χ3n) is 5.25. The summed E-state index contributed by atoms with van der Waals surface area (Å²) >= 11 is 0. The van der Waals surface area contributed by atoms with E-state index >= 15 is 0 Å². The van der Waals surface area contributed by atoms with Crippen molar-refractivity contribution in [2.24, 2.45) is 0 Å². The van der Waals surface area contributed by atoms with Crippen LogP contribution in [0.15, 0.2) is 79.1 Å². The van der Waals surface area contributed by atoms with Gasteiger partial charge < -0.3 is 15.0 Å². The van der Waals surface area contributed by atoms with Crippen LogP contribution in [0.4, 0.5) is 39.4 Å². The lowest BCUT2D eigenvalue weighted by Gasteiger charge is -2.21. The van der Waals surface area contributed by atoms with Gasteiger partial charge in [0.05, 0.1) is 24.7 Å². The average Bonchev–Trinajstić information content (AvgIpc) is 3.26. The second kappa shape index (κ2) is 9.53. The summed E-state index contributed by atoms with van der Waals surface area (Å²) in [6.07, 6.45) is -2.59. The van der Waals surface area contributed by atoms with Crippen LogP contribution in [-0.4, -0.2) is 35.3 Å². The van der Waals surface area contributed by atoms with Crippen molar-refractivity contribution in [1.82, 2.24) is 9.97 Å². The molecule has 0 aliphatic heterocycles. The van der Waals surface area contributed by atoms with Crippen molar-refractivity contribution < 1.29 is 31.9 Å². The van der Waals surface area contributed by atoms with Crippen molar-refractivity contribution in [3.05, 3.63) is 85.0 Å². The Morgan fingerprint density at radius 1 is 1.08 bits per heavy atom. The third-order valence-corrected chi connectivity index (χ3v) is 5.25. The third kappa shape index (κ3) is 4.90. The van der Waals surface area contributed by atoms with Crippen LogP contribution in [0.2, 0.25) is 0 Å². The lowest BCUT2D eigenvalue weighted by Crippen LogP contribution is -2.25. The largest absolute Gasteiger partial charge is 0.452 e. The molecule has 11 heteroatoms. The fourth-order valence-corrected chi connectivity index (χ4v) is 3.52. The Bertz CT molecular complexity index is 1480. The van der Waals surface area contributed by atoms with Crippen molar-refractivity contribution in [3.8, 4) is 11.1 Å². The Balaban J connectivity index is 1.73. The summed E-state index contributed by atoms with van der Waals surface area (Å²) in [6.45, 7) is 2.80. The molecule has 0 fully saturated rings. The molecule has 4 rings (SSSR count). The van der Waals surface area contributed by atoms with Crippen LogP contribution < -0.4 is 10.2 Å². The molecule has 36 heavy (non-hydrogen) atoms. The number of rotatable bonds is 5. The van der Waals surface area contributed by atoms with Gasteiger partial charge in [0.1, 0.15) is 17.0 Å². The van der Waals surface area contributed by atoms with Crippen molar-refractivity contribution in [3.63, 3.8) is 0 Å². The Kier molecular flexibility index (Phi) is 6.47. The molecule has 0 bridgehead atoms. The second-order valence-corrected chi connectivity index (χ2v) is 7.59. The van der Waals surface area contributed by atoms with Gasteiger partial charge in [-0.1, -0.05) is 24.8 Å². The maximum atomic E-state index is 13.8. The van der Waals surface area contributed by atoms with E-state index in [1.165, 1.54) is 49.7 Å². The molecule has 2 amide bonds. The van der Waals surface area contributed by atoms with E-state index < -0.39 is 29.6 Å². The first-order valence-corrected chi connectivity index (χ1v) is 10.4.